The molecule has 3 nitrogen and oxygen atoms in total. The third-order valence-corrected chi connectivity index (χ3v) is 2.89. The van der Waals surface area contributed by atoms with Crippen molar-refractivity contribution in [3.63, 3.8) is 0 Å². The molecule has 8 heteroatoms. The smallest absolute Gasteiger partial charge is 0.330 e. The molecule has 0 spiro atoms. The van der Waals surface area contributed by atoms with Gasteiger partial charge >= 0.3 is 5.51 Å². The van der Waals surface area contributed by atoms with Gasteiger partial charge < -0.3 is 4.55 Å². The zero-order valence-corrected chi connectivity index (χ0v) is 6.76. The average Bonchev–Trinajstić information content (AvgIpc) is 1.81. The Morgan fingerprint density at radius 3 is 2.09 bits per heavy atom. The fourth-order valence-corrected chi connectivity index (χ4v) is 1.67. The van der Waals surface area contributed by atoms with Crippen LogP contribution in [0.2, 0.25) is 0 Å². The van der Waals surface area contributed by atoms with Crippen LogP contribution in [0.3, 0.4) is 0 Å². The van der Waals surface area contributed by atoms with E-state index in [9.17, 15) is 21.6 Å². The van der Waals surface area contributed by atoms with Gasteiger partial charge in [-0.25, -0.2) is 8.42 Å². The molecule has 11 heavy (non-hydrogen) atoms. The molecule has 0 radical (unpaired) electrons. The molecule has 0 aliphatic heterocycles. The molecule has 0 heterocycles. The molecule has 0 amide bonds. The van der Waals surface area contributed by atoms with Gasteiger partial charge in [0.2, 0.25) is 9.84 Å². The Morgan fingerprint density at radius 1 is 1.36 bits per heavy atom. The lowest BCUT2D eigenvalue weighted by Crippen LogP contribution is -2.26. The minimum atomic E-state index is -5.21. The highest BCUT2D eigenvalue weighted by atomic mass is 32.2. The Labute approximate surface area is 65.7 Å². The van der Waals surface area contributed by atoms with Gasteiger partial charge in [0.15, 0.2) is 0 Å². The van der Waals surface area contributed by atoms with Crippen LogP contribution in [0.1, 0.15) is 0 Å². The van der Waals surface area contributed by atoms with Crippen molar-refractivity contribution in [2.24, 2.45) is 0 Å². The maximum Gasteiger partial charge on any atom is 0.497 e. The molecule has 0 bridgehead atoms. The second-order valence-electron chi connectivity index (χ2n) is 1.60. The minimum absolute atomic E-state index is 0.0654. The SMILES string of the molecule is O=S(=O)(CCSO)C(F)(F)F. The van der Waals surface area contributed by atoms with Gasteiger partial charge in [0, 0.05) is 5.75 Å². The maximum absolute atomic E-state index is 11.5. The lowest BCUT2D eigenvalue weighted by molar-refractivity contribution is -0.0434. The molecule has 0 aromatic carbocycles. The first-order valence-electron chi connectivity index (χ1n) is 2.36. The van der Waals surface area contributed by atoms with Crippen molar-refractivity contribution in [2.45, 2.75) is 5.51 Å². The van der Waals surface area contributed by atoms with Crippen molar-refractivity contribution < 1.29 is 26.1 Å². The Hall–Kier alpha value is 0.0500. The molecule has 0 rings (SSSR count). The van der Waals surface area contributed by atoms with Crippen LogP contribution in [0, 0.1) is 0 Å². The molecule has 0 aliphatic carbocycles. The van der Waals surface area contributed by atoms with Crippen molar-refractivity contribution >= 4 is 21.9 Å². The summed E-state index contributed by atoms with van der Waals surface area (Å²) in [6.45, 7) is 0. The van der Waals surface area contributed by atoms with E-state index in [-0.39, 0.29) is 12.0 Å². The number of alkyl halides is 3. The lowest BCUT2D eigenvalue weighted by Gasteiger charge is -2.05. The molecule has 0 saturated carbocycles. The van der Waals surface area contributed by atoms with Crippen LogP contribution in [0.5, 0.6) is 0 Å². The van der Waals surface area contributed by atoms with Crippen molar-refractivity contribution in [1.29, 1.82) is 0 Å². The van der Waals surface area contributed by atoms with E-state index in [1.54, 1.807) is 0 Å². The zero-order valence-electron chi connectivity index (χ0n) is 5.13. The Balaban J connectivity index is 4.26. The highest BCUT2D eigenvalue weighted by Gasteiger charge is 2.44. The predicted octanol–water partition coefficient (Wildman–Crippen LogP) is 1.13. The first-order chi connectivity index (χ1) is 4.81. The monoisotopic (exact) mass is 210 g/mol. The second-order valence-corrected chi connectivity index (χ2v) is 4.36. The van der Waals surface area contributed by atoms with Crippen molar-refractivity contribution in [3.8, 4) is 0 Å². The van der Waals surface area contributed by atoms with Crippen LogP contribution in [0.4, 0.5) is 13.2 Å². The van der Waals surface area contributed by atoms with Crippen LogP contribution in [-0.2, 0) is 9.84 Å². The summed E-state index contributed by atoms with van der Waals surface area (Å²) in [6.07, 6.45) is 0. The van der Waals surface area contributed by atoms with Gasteiger partial charge in [0.1, 0.15) is 0 Å². The van der Waals surface area contributed by atoms with Gasteiger partial charge in [0.05, 0.1) is 5.75 Å². The molecule has 0 aromatic heterocycles. The Morgan fingerprint density at radius 2 is 1.82 bits per heavy atom. The number of rotatable bonds is 3. The van der Waals surface area contributed by atoms with E-state index < -0.39 is 26.9 Å². The van der Waals surface area contributed by atoms with E-state index in [2.05, 4.69) is 0 Å². The van der Waals surface area contributed by atoms with E-state index >= 15 is 0 Å². The fraction of sp³-hybridized carbons (Fsp3) is 1.00. The zero-order chi connectivity index (χ0) is 9.12. The quantitative estimate of drug-likeness (QED) is 0.709. The van der Waals surface area contributed by atoms with Crippen LogP contribution >= 0.6 is 12.0 Å². The molecule has 1 N–H and O–H groups in total. The summed E-state index contributed by atoms with van der Waals surface area (Å²) in [5, 5.41) is 0. The van der Waals surface area contributed by atoms with Gasteiger partial charge in [-0.15, -0.1) is 0 Å². The molecular weight excluding hydrogens is 205 g/mol. The largest absolute Gasteiger partial charge is 0.497 e. The highest BCUT2D eigenvalue weighted by Crippen LogP contribution is 2.23. The molecule has 68 valence electrons. The maximum atomic E-state index is 11.5. The van der Waals surface area contributed by atoms with E-state index in [0.717, 1.165) is 0 Å². The third kappa shape index (κ3) is 3.30. The van der Waals surface area contributed by atoms with Gasteiger partial charge in [-0.3, -0.25) is 0 Å². The summed E-state index contributed by atoms with van der Waals surface area (Å²) in [7, 11) is -5.04. The predicted molar refractivity (Wildman–Crippen MR) is 34.9 cm³/mol. The van der Waals surface area contributed by atoms with Crippen molar-refractivity contribution in [3.05, 3.63) is 0 Å². The molecule has 0 atom stereocenters. The molecule has 0 aromatic rings. The van der Waals surface area contributed by atoms with E-state index in [0.29, 0.717) is 0 Å². The summed E-state index contributed by atoms with van der Waals surface area (Å²) >= 11 is 0.0654. The van der Waals surface area contributed by atoms with E-state index in [1.165, 1.54) is 0 Å². The lowest BCUT2D eigenvalue weighted by atomic mass is 11.0. The van der Waals surface area contributed by atoms with Crippen LogP contribution in [0.15, 0.2) is 0 Å². The normalized spacial score (nSPS) is 13.5. The van der Waals surface area contributed by atoms with Gasteiger partial charge in [-0.2, -0.15) is 13.2 Å². The first kappa shape index (κ1) is 11.1. The summed E-state index contributed by atoms with van der Waals surface area (Å²) in [6, 6.07) is 0. The van der Waals surface area contributed by atoms with Crippen LogP contribution in [0.25, 0.3) is 0 Å². The van der Waals surface area contributed by atoms with Gasteiger partial charge in [-0.05, 0) is 12.0 Å². The first-order valence-corrected chi connectivity index (χ1v) is 4.96. The molecule has 0 saturated heterocycles. The Kier molecular flexibility index (Phi) is 3.65. The topological polar surface area (TPSA) is 54.4 Å². The highest BCUT2D eigenvalue weighted by molar-refractivity contribution is 7.96. The van der Waals surface area contributed by atoms with E-state index in [4.69, 9.17) is 4.55 Å². The van der Waals surface area contributed by atoms with Crippen molar-refractivity contribution in [1.82, 2.24) is 0 Å². The van der Waals surface area contributed by atoms with Gasteiger partial charge in [0.25, 0.3) is 0 Å². The number of sulfone groups is 1. The fourth-order valence-electron chi connectivity index (χ4n) is 0.263. The number of hydrogen-bond acceptors (Lipinski definition) is 4. The van der Waals surface area contributed by atoms with Crippen molar-refractivity contribution in [2.75, 3.05) is 11.5 Å². The standard InChI is InChI=1S/C3H5F3O3S2/c4-3(5,6)11(8,9)2-1-10-7/h7H,1-2H2. The third-order valence-electron chi connectivity index (χ3n) is 0.796. The number of halogens is 3. The van der Waals surface area contributed by atoms with Crippen LogP contribution < -0.4 is 0 Å². The summed E-state index contributed by atoms with van der Waals surface area (Å²) in [5.41, 5.74) is -5.21. The van der Waals surface area contributed by atoms with Crippen LogP contribution in [-0.4, -0.2) is 30.0 Å². The van der Waals surface area contributed by atoms with E-state index in [1.807, 2.05) is 0 Å². The molecule has 0 unspecified atom stereocenters. The molecular formula is C3H5F3O3S2. The van der Waals surface area contributed by atoms with Gasteiger partial charge in [-0.1, -0.05) is 0 Å². The molecule has 0 fully saturated rings. The summed E-state index contributed by atoms with van der Waals surface area (Å²) in [4.78, 5) is 0. The number of hydrogen-bond donors (Lipinski definition) is 1. The Bertz CT molecular complexity index is 206. The molecule has 0 aliphatic rings. The summed E-state index contributed by atoms with van der Waals surface area (Å²) in [5.74, 6) is -1.56. The summed E-state index contributed by atoms with van der Waals surface area (Å²) < 4.78 is 62.7. The second kappa shape index (κ2) is 3.63. The minimum Gasteiger partial charge on any atom is -0.330 e. The average molecular weight is 210 g/mol.